The van der Waals surface area contributed by atoms with Crippen LogP contribution in [-0.4, -0.2) is 11.2 Å². The van der Waals surface area contributed by atoms with E-state index < -0.39 is 6.09 Å². The maximum Gasteiger partial charge on any atom is 0.408 e. The van der Waals surface area contributed by atoms with Crippen molar-refractivity contribution < 1.29 is 9.90 Å². The van der Waals surface area contributed by atoms with Crippen LogP contribution in [0.1, 0.15) is 5.56 Å². The van der Waals surface area contributed by atoms with Crippen LogP contribution >= 0.6 is 0 Å². The molecule has 0 bridgehead atoms. The van der Waals surface area contributed by atoms with Gasteiger partial charge in [-0.15, -0.1) is 0 Å². The molecule has 0 atom stereocenters. The van der Waals surface area contributed by atoms with E-state index in [2.05, 4.69) is 5.32 Å². The molecule has 62 valence electrons. The Hall–Kier alpha value is -1.77. The second-order valence-electron chi connectivity index (χ2n) is 2.19. The first-order valence-electron chi connectivity index (χ1n) is 3.50. The van der Waals surface area contributed by atoms with E-state index in [1.807, 2.05) is 30.3 Å². The molecular formula is C9H9NO2. The Morgan fingerprint density at radius 2 is 2.00 bits per heavy atom. The van der Waals surface area contributed by atoms with Crippen LogP contribution in [0.15, 0.2) is 36.5 Å². The lowest BCUT2D eigenvalue weighted by atomic mass is 10.2. The summed E-state index contributed by atoms with van der Waals surface area (Å²) in [5.74, 6) is 0. The van der Waals surface area contributed by atoms with Gasteiger partial charge >= 0.3 is 6.09 Å². The first-order valence-corrected chi connectivity index (χ1v) is 3.50. The van der Waals surface area contributed by atoms with Gasteiger partial charge in [0.05, 0.1) is 0 Å². The molecule has 1 aromatic carbocycles. The summed E-state index contributed by atoms with van der Waals surface area (Å²) in [5.41, 5.74) is 0.964. The number of hydrogen-bond donors (Lipinski definition) is 2. The van der Waals surface area contributed by atoms with E-state index in [1.165, 1.54) is 6.20 Å². The van der Waals surface area contributed by atoms with Crippen LogP contribution in [0.3, 0.4) is 0 Å². The van der Waals surface area contributed by atoms with Gasteiger partial charge in [-0.2, -0.15) is 0 Å². The normalized spacial score (nSPS) is 10.0. The highest BCUT2D eigenvalue weighted by atomic mass is 16.4. The van der Waals surface area contributed by atoms with Gasteiger partial charge in [0.2, 0.25) is 0 Å². The molecule has 0 radical (unpaired) electrons. The largest absolute Gasteiger partial charge is 0.465 e. The molecule has 0 fully saturated rings. The quantitative estimate of drug-likeness (QED) is 0.699. The molecule has 0 aliphatic carbocycles. The highest BCUT2D eigenvalue weighted by Gasteiger charge is 1.86. The van der Waals surface area contributed by atoms with Gasteiger partial charge in [-0.25, -0.2) is 4.79 Å². The smallest absolute Gasteiger partial charge is 0.408 e. The second-order valence-corrected chi connectivity index (χ2v) is 2.19. The molecule has 1 rings (SSSR count). The predicted molar refractivity (Wildman–Crippen MR) is 46.6 cm³/mol. The summed E-state index contributed by atoms with van der Waals surface area (Å²) in [6.07, 6.45) is 2.02. The van der Waals surface area contributed by atoms with Crippen LogP contribution in [0.2, 0.25) is 0 Å². The third kappa shape index (κ3) is 2.88. The lowest BCUT2D eigenvalue weighted by Crippen LogP contribution is -2.12. The zero-order valence-corrected chi connectivity index (χ0v) is 6.40. The van der Waals surface area contributed by atoms with Crippen molar-refractivity contribution in [2.24, 2.45) is 0 Å². The van der Waals surface area contributed by atoms with Crippen LogP contribution in [-0.2, 0) is 0 Å². The summed E-state index contributed by atoms with van der Waals surface area (Å²) in [6.45, 7) is 0. The van der Waals surface area contributed by atoms with Crippen molar-refractivity contribution in [3.8, 4) is 0 Å². The van der Waals surface area contributed by atoms with Crippen LogP contribution < -0.4 is 5.32 Å². The SMILES string of the molecule is O=C(O)N/C=C/c1ccccc1. The first kappa shape index (κ1) is 8.33. The molecule has 0 aliphatic heterocycles. The topological polar surface area (TPSA) is 49.3 Å². The summed E-state index contributed by atoms with van der Waals surface area (Å²) in [7, 11) is 0. The molecule has 0 spiro atoms. The van der Waals surface area contributed by atoms with E-state index in [0.717, 1.165) is 5.56 Å². The molecular weight excluding hydrogens is 154 g/mol. The highest BCUT2D eigenvalue weighted by molar-refractivity contribution is 5.67. The van der Waals surface area contributed by atoms with Gasteiger partial charge in [0, 0.05) is 6.20 Å². The minimum Gasteiger partial charge on any atom is -0.465 e. The number of carbonyl (C=O) groups is 1. The number of rotatable bonds is 2. The van der Waals surface area contributed by atoms with Crippen LogP contribution in [0.4, 0.5) is 4.79 Å². The summed E-state index contributed by atoms with van der Waals surface area (Å²) < 4.78 is 0. The molecule has 0 aromatic heterocycles. The van der Waals surface area contributed by atoms with Crippen molar-refractivity contribution >= 4 is 12.2 Å². The summed E-state index contributed by atoms with van der Waals surface area (Å²) in [6, 6.07) is 9.46. The van der Waals surface area contributed by atoms with E-state index in [9.17, 15) is 4.79 Å². The molecule has 0 aliphatic rings. The lowest BCUT2D eigenvalue weighted by Gasteiger charge is -1.91. The Kier molecular flexibility index (Phi) is 2.90. The molecule has 1 aromatic rings. The van der Waals surface area contributed by atoms with Crippen molar-refractivity contribution in [1.29, 1.82) is 0 Å². The molecule has 2 N–H and O–H groups in total. The molecule has 0 saturated heterocycles. The molecule has 0 saturated carbocycles. The first-order chi connectivity index (χ1) is 5.79. The van der Waals surface area contributed by atoms with Crippen molar-refractivity contribution in [2.75, 3.05) is 0 Å². The second kappa shape index (κ2) is 4.18. The highest BCUT2D eigenvalue weighted by Crippen LogP contribution is 1.99. The fraction of sp³-hybridized carbons (Fsp3) is 0. The van der Waals surface area contributed by atoms with Gasteiger partial charge in [-0.3, -0.25) is 5.32 Å². The van der Waals surface area contributed by atoms with Crippen molar-refractivity contribution in [3.05, 3.63) is 42.1 Å². The number of carboxylic acid groups (broad SMARTS) is 1. The van der Waals surface area contributed by atoms with Gasteiger partial charge in [0.25, 0.3) is 0 Å². The third-order valence-corrected chi connectivity index (χ3v) is 1.28. The van der Waals surface area contributed by atoms with E-state index in [0.29, 0.717) is 0 Å². The van der Waals surface area contributed by atoms with E-state index >= 15 is 0 Å². The third-order valence-electron chi connectivity index (χ3n) is 1.28. The minimum atomic E-state index is -1.05. The van der Waals surface area contributed by atoms with Crippen LogP contribution in [0.5, 0.6) is 0 Å². The van der Waals surface area contributed by atoms with Gasteiger partial charge in [-0.05, 0) is 11.6 Å². The Bertz CT molecular complexity index is 280. The summed E-state index contributed by atoms with van der Waals surface area (Å²) in [4.78, 5) is 10.0. The van der Waals surface area contributed by atoms with Gasteiger partial charge in [0.1, 0.15) is 0 Å². The minimum absolute atomic E-state index is 0.964. The zero-order chi connectivity index (χ0) is 8.81. The summed E-state index contributed by atoms with van der Waals surface area (Å²) >= 11 is 0. The number of benzene rings is 1. The number of hydrogen-bond acceptors (Lipinski definition) is 1. The van der Waals surface area contributed by atoms with Crippen LogP contribution in [0.25, 0.3) is 6.08 Å². The zero-order valence-electron chi connectivity index (χ0n) is 6.40. The van der Waals surface area contributed by atoms with Crippen molar-refractivity contribution in [2.45, 2.75) is 0 Å². The molecule has 0 unspecified atom stereocenters. The fourth-order valence-corrected chi connectivity index (χ4v) is 0.773. The number of amides is 1. The molecule has 12 heavy (non-hydrogen) atoms. The Morgan fingerprint density at radius 1 is 1.33 bits per heavy atom. The Labute approximate surface area is 70.3 Å². The Morgan fingerprint density at radius 3 is 2.58 bits per heavy atom. The van der Waals surface area contributed by atoms with E-state index in [-0.39, 0.29) is 0 Å². The molecule has 1 amide bonds. The van der Waals surface area contributed by atoms with E-state index in [1.54, 1.807) is 6.08 Å². The van der Waals surface area contributed by atoms with Crippen molar-refractivity contribution in [1.82, 2.24) is 5.32 Å². The maximum absolute atomic E-state index is 10.0. The van der Waals surface area contributed by atoms with Crippen molar-refractivity contribution in [3.63, 3.8) is 0 Å². The monoisotopic (exact) mass is 163 g/mol. The molecule has 3 heteroatoms. The molecule has 3 nitrogen and oxygen atoms in total. The fourth-order valence-electron chi connectivity index (χ4n) is 0.773. The van der Waals surface area contributed by atoms with Gasteiger partial charge < -0.3 is 5.11 Å². The Balaban J connectivity index is 2.52. The van der Waals surface area contributed by atoms with Gasteiger partial charge in [-0.1, -0.05) is 30.3 Å². The standard InChI is InChI=1S/C9H9NO2/c11-9(12)10-7-6-8-4-2-1-3-5-8/h1-7,10H,(H,11,12)/b7-6+. The average molecular weight is 163 g/mol. The van der Waals surface area contributed by atoms with E-state index in [4.69, 9.17) is 5.11 Å². The van der Waals surface area contributed by atoms with Gasteiger partial charge in [0.15, 0.2) is 0 Å². The predicted octanol–water partition coefficient (Wildman–Crippen LogP) is 1.92. The lowest BCUT2D eigenvalue weighted by molar-refractivity contribution is 0.198. The maximum atomic E-state index is 10.0. The number of nitrogens with one attached hydrogen (secondary N) is 1. The summed E-state index contributed by atoms with van der Waals surface area (Å²) in [5, 5.41) is 10.4. The average Bonchev–Trinajstić information content (AvgIpc) is 2.05. The van der Waals surface area contributed by atoms with Crippen LogP contribution in [0, 0.1) is 0 Å². The molecule has 0 heterocycles.